The van der Waals surface area contributed by atoms with E-state index >= 15 is 0 Å². The van der Waals surface area contributed by atoms with Crippen molar-refractivity contribution in [1.82, 2.24) is 0 Å². The van der Waals surface area contributed by atoms with E-state index < -0.39 is 0 Å². The minimum Gasteiger partial charge on any atom is -0.397 e. The third-order valence-corrected chi connectivity index (χ3v) is 3.08. The first kappa shape index (κ1) is 13.4. The molecule has 0 aliphatic heterocycles. The van der Waals surface area contributed by atoms with Crippen LogP contribution in [0.3, 0.4) is 0 Å². The highest BCUT2D eigenvalue weighted by molar-refractivity contribution is 6.34. The van der Waals surface area contributed by atoms with Crippen LogP contribution < -0.4 is 11.1 Å². The molecule has 2 rings (SSSR count). The minimum atomic E-state index is -0.216. The molecule has 19 heavy (non-hydrogen) atoms. The van der Waals surface area contributed by atoms with Crippen molar-refractivity contribution < 1.29 is 4.79 Å². The fraction of sp³-hybridized carbons (Fsp3) is 0.133. The van der Waals surface area contributed by atoms with Crippen LogP contribution in [0.5, 0.6) is 0 Å². The van der Waals surface area contributed by atoms with E-state index in [-0.39, 0.29) is 5.91 Å². The van der Waals surface area contributed by atoms with E-state index in [1.165, 1.54) is 0 Å². The Balaban J connectivity index is 2.31. The fourth-order valence-corrected chi connectivity index (χ4v) is 2.19. The summed E-state index contributed by atoms with van der Waals surface area (Å²) in [5, 5.41) is 3.18. The number of nitrogens with one attached hydrogen (secondary N) is 1. The highest BCUT2D eigenvalue weighted by atomic mass is 35.5. The summed E-state index contributed by atoms with van der Waals surface area (Å²) >= 11 is 6.03. The summed E-state index contributed by atoms with van der Waals surface area (Å²) in [7, 11) is 0. The Labute approximate surface area is 117 Å². The number of anilines is 2. The molecule has 0 spiro atoms. The van der Waals surface area contributed by atoms with Crippen molar-refractivity contribution in [2.24, 2.45) is 0 Å². The average molecular weight is 275 g/mol. The second kappa shape index (κ2) is 5.33. The molecule has 3 N–H and O–H groups in total. The number of aryl methyl sites for hydroxylation is 2. The van der Waals surface area contributed by atoms with Crippen molar-refractivity contribution in [2.75, 3.05) is 11.1 Å². The van der Waals surface area contributed by atoms with Crippen molar-refractivity contribution in [1.29, 1.82) is 0 Å². The second-order valence-electron chi connectivity index (χ2n) is 4.53. The maximum atomic E-state index is 12.2. The molecule has 98 valence electrons. The molecule has 2 aromatic rings. The van der Waals surface area contributed by atoms with E-state index in [4.69, 9.17) is 17.3 Å². The zero-order valence-electron chi connectivity index (χ0n) is 10.8. The largest absolute Gasteiger partial charge is 0.397 e. The zero-order chi connectivity index (χ0) is 14.0. The molecule has 0 saturated carbocycles. The minimum absolute atomic E-state index is 0.216. The molecule has 0 heterocycles. The molecule has 0 unspecified atom stereocenters. The van der Waals surface area contributed by atoms with Gasteiger partial charge in [-0.3, -0.25) is 4.79 Å². The first-order chi connectivity index (χ1) is 8.97. The van der Waals surface area contributed by atoms with Crippen molar-refractivity contribution in [3.8, 4) is 0 Å². The summed E-state index contributed by atoms with van der Waals surface area (Å²) < 4.78 is 0. The number of nitrogen functional groups attached to an aromatic ring is 1. The predicted octanol–water partition coefficient (Wildman–Crippen LogP) is 3.79. The van der Waals surface area contributed by atoms with E-state index in [0.717, 1.165) is 11.1 Å². The van der Waals surface area contributed by atoms with Gasteiger partial charge in [0.1, 0.15) is 0 Å². The quantitative estimate of drug-likeness (QED) is 0.819. The summed E-state index contributed by atoms with van der Waals surface area (Å²) in [6.07, 6.45) is 0. The number of carbonyl (C=O) groups excluding carboxylic acids is 1. The summed E-state index contributed by atoms with van der Waals surface area (Å²) in [4.78, 5) is 12.2. The molecule has 4 heteroatoms. The van der Waals surface area contributed by atoms with Crippen LogP contribution in [0.15, 0.2) is 36.4 Å². The van der Waals surface area contributed by atoms with Gasteiger partial charge in [-0.1, -0.05) is 34.9 Å². The van der Waals surface area contributed by atoms with Gasteiger partial charge in [-0.2, -0.15) is 0 Å². The smallest absolute Gasteiger partial charge is 0.255 e. The molecule has 0 aliphatic carbocycles. The maximum absolute atomic E-state index is 12.2. The van der Waals surface area contributed by atoms with E-state index in [9.17, 15) is 4.79 Å². The van der Waals surface area contributed by atoms with E-state index in [2.05, 4.69) is 5.32 Å². The van der Waals surface area contributed by atoms with Crippen molar-refractivity contribution in [3.05, 3.63) is 58.1 Å². The van der Waals surface area contributed by atoms with Gasteiger partial charge in [0, 0.05) is 5.56 Å². The lowest BCUT2D eigenvalue weighted by Crippen LogP contribution is -2.14. The van der Waals surface area contributed by atoms with Crippen molar-refractivity contribution >= 4 is 28.9 Å². The van der Waals surface area contributed by atoms with Gasteiger partial charge in [-0.15, -0.1) is 0 Å². The Morgan fingerprint density at radius 3 is 2.37 bits per heavy atom. The highest BCUT2D eigenvalue weighted by Crippen LogP contribution is 2.28. The lowest BCUT2D eigenvalue weighted by molar-refractivity contribution is 0.102. The number of nitrogens with two attached hydrogens (primary N) is 1. The molecule has 1 amide bonds. The molecule has 3 nitrogen and oxygen atoms in total. The normalized spacial score (nSPS) is 10.3. The first-order valence-corrected chi connectivity index (χ1v) is 6.29. The molecule has 0 fully saturated rings. The lowest BCUT2D eigenvalue weighted by Gasteiger charge is -2.10. The SMILES string of the molecule is Cc1cc(C)cc(C(=O)Nc2c(N)cccc2Cl)c1. The van der Waals surface area contributed by atoms with E-state index in [1.54, 1.807) is 18.2 Å². The number of rotatable bonds is 2. The summed E-state index contributed by atoms with van der Waals surface area (Å²) in [5.41, 5.74) is 9.38. The van der Waals surface area contributed by atoms with E-state index in [1.807, 2.05) is 32.0 Å². The fourth-order valence-electron chi connectivity index (χ4n) is 1.96. The molecule has 0 saturated heterocycles. The predicted molar refractivity (Wildman–Crippen MR) is 79.7 cm³/mol. The third-order valence-electron chi connectivity index (χ3n) is 2.77. The summed E-state index contributed by atoms with van der Waals surface area (Å²) in [5.74, 6) is -0.216. The van der Waals surface area contributed by atoms with E-state index in [0.29, 0.717) is 22.0 Å². The Bertz CT molecular complexity index is 598. The molecule has 0 atom stereocenters. The molecular weight excluding hydrogens is 260 g/mol. The molecule has 0 bridgehead atoms. The van der Waals surface area contributed by atoms with Crippen molar-refractivity contribution in [2.45, 2.75) is 13.8 Å². The number of para-hydroxylation sites is 1. The number of benzene rings is 2. The number of hydrogen-bond donors (Lipinski definition) is 2. The molecule has 2 aromatic carbocycles. The molecule has 0 aromatic heterocycles. The van der Waals surface area contributed by atoms with Gasteiger partial charge in [0.15, 0.2) is 0 Å². The number of hydrogen-bond acceptors (Lipinski definition) is 2. The highest BCUT2D eigenvalue weighted by Gasteiger charge is 2.11. The van der Waals surface area contributed by atoms with Crippen LogP contribution >= 0.6 is 11.6 Å². The lowest BCUT2D eigenvalue weighted by atomic mass is 10.1. The van der Waals surface area contributed by atoms with Crippen LogP contribution in [0.2, 0.25) is 5.02 Å². The summed E-state index contributed by atoms with van der Waals surface area (Å²) in [6.45, 7) is 3.90. The standard InChI is InChI=1S/C15H15ClN2O/c1-9-6-10(2)8-11(7-9)15(19)18-14-12(16)4-3-5-13(14)17/h3-8H,17H2,1-2H3,(H,18,19). The molecule has 0 aliphatic rings. The second-order valence-corrected chi connectivity index (χ2v) is 4.94. The molecular formula is C15H15ClN2O. The first-order valence-electron chi connectivity index (χ1n) is 5.91. The van der Waals surface area contributed by atoms with Crippen LogP contribution in [0, 0.1) is 13.8 Å². The van der Waals surface area contributed by atoms with Gasteiger partial charge >= 0.3 is 0 Å². The van der Waals surface area contributed by atoms with Gasteiger partial charge in [-0.05, 0) is 38.1 Å². The Morgan fingerprint density at radius 1 is 1.16 bits per heavy atom. The van der Waals surface area contributed by atoms with Crippen LogP contribution in [0.1, 0.15) is 21.5 Å². The van der Waals surface area contributed by atoms with Gasteiger partial charge < -0.3 is 11.1 Å². The van der Waals surface area contributed by atoms with Crippen LogP contribution in [-0.4, -0.2) is 5.91 Å². The average Bonchev–Trinajstić information content (AvgIpc) is 2.32. The Hall–Kier alpha value is -2.00. The third kappa shape index (κ3) is 3.06. The van der Waals surface area contributed by atoms with Crippen LogP contribution in [0.4, 0.5) is 11.4 Å². The maximum Gasteiger partial charge on any atom is 0.255 e. The van der Waals surface area contributed by atoms with Crippen molar-refractivity contribution in [3.63, 3.8) is 0 Å². The Morgan fingerprint density at radius 2 is 1.79 bits per heavy atom. The zero-order valence-corrected chi connectivity index (χ0v) is 11.6. The number of carbonyl (C=O) groups is 1. The number of amides is 1. The van der Waals surface area contributed by atoms with Gasteiger partial charge in [0.25, 0.3) is 5.91 Å². The monoisotopic (exact) mass is 274 g/mol. The number of halogens is 1. The summed E-state index contributed by atoms with van der Waals surface area (Å²) in [6, 6.07) is 10.8. The topological polar surface area (TPSA) is 55.1 Å². The van der Waals surface area contributed by atoms with Gasteiger partial charge in [-0.25, -0.2) is 0 Å². The van der Waals surface area contributed by atoms with Gasteiger partial charge in [0.2, 0.25) is 0 Å². The Kier molecular flexibility index (Phi) is 3.76. The van der Waals surface area contributed by atoms with Gasteiger partial charge in [0.05, 0.1) is 16.4 Å². The molecule has 0 radical (unpaired) electrons. The van der Waals surface area contributed by atoms with Crippen LogP contribution in [0.25, 0.3) is 0 Å². The van der Waals surface area contributed by atoms with Crippen LogP contribution in [-0.2, 0) is 0 Å².